The molecule has 1 amide bonds. The fourth-order valence-electron chi connectivity index (χ4n) is 2.76. The summed E-state index contributed by atoms with van der Waals surface area (Å²) in [7, 11) is 1.82. The second-order valence-electron chi connectivity index (χ2n) is 5.54. The third-order valence-electron chi connectivity index (χ3n) is 4.01. The maximum atomic E-state index is 12.7. The summed E-state index contributed by atoms with van der Waals surface area (Å²) >= 11 is 1.33. The zero-order chi connectivity index (χ0) is 16.2. The molecule has 23 heavy (non-hydrogen) atoms. The molecule has 1 fully saturated rings. The van der Waals surface area contributed by atoms with E-state index in [0.29, 0.717) is 11.6 Å². The molecule has 3 rings (SSSR count). The topological polar surface area (TPSA) is 83.0 Å². The molecule has 0 saturated carbocycles. The number of likely N-dealkylation sites (tertiary alicyclic amines) is 1. The second-order valence-corrected chi connectivity index (χ2v) is 6.32. The number of hydrogen-bond acceptors (Lipinski definition) is 7. The van der Waals surface area contributed by atoms with E-state index in [1.807, 2.05) is 31.0 Å². The van der Waals surface area contributed by atoms with E-state index >= 15 is 0 Å². The van der Waals surface area contributed by atoms with Crippen LogP contribution in [-0.4, -0.2) is 51.6 Å². The Morgan fingerprint density at radius 3 is 2.83 bits per heavy atom. The maximum absolute atomic E-state index is 12.7. The van der Waals surface area contributed by atoms with Gasteiger partial charge in [0.25, 0.3) is 5.91 Å². The van der Waals surface area contributed by atoms with Crippen molar-refractivity contribution in [2.75, 3.05) is 30.8 Å². The van der Waals surface area contributed by atoms with Gasteiger partial charge in [0.1, 0.15) is 10.8 Å². The monoisotopic (exact) mass is 332 g/mol. The fraction of sp³-hybridized carbons (Fsp3) is 0.467. The van der Waals surface area contributed by atoms with Gasteiger partial charge in [0.15, 0.2) is 0 Å². The molecule has 7 nitrogen and oxygen atoms in total. The Balaban J connectivity index is 1.60. The molecule has 1 aliphatic heterocycles. The van der Waals surface area contributed by atoms with Gasteiger partial charge in [-0.25, -0.2) is 0 Å². The molecule has 0 aliphatic carbocycles. The van der Waals surface area contributed by atoms with E-state index in [2.05, 4.69) is 25.2 Å². The molecule has 8 heteroatoms. The van der Waals surface area contributed by atoms with Crippen molar-refractivity contribution in [3.05, 3.63) is 29.6 Å². The van der Waals surface area contributed by atoms with Crippen molar-refractivity contribution >= 4 is 28.3 Å². The zero-order valence-electron chi connectivity index (χ0n) is 13.2. The van der Waals surface area contributed by atoms with Gasteiger partial charge in [-0.3, -0.25) is 4.79 Å². The van der Waals surface area contributed by atoms with Crippen LogP contribution in [0.15, 0.2) is 18.3 Å². The van der Waals surface area contributed by atoms with Crippen LogP contribution in [0.5, 0.6) is 0 Å². The molecule has 0 atom stereocenters. The van der Waals surface area contributed by atoms with Crippen molar-refractivity contribution < 1.29 is 4.79 Å². The average Bonchev–Trinajstić information content (AvgIpc) is 2.96. The highest BCUT2D eigenvalue weighted by Gasteiger charge is 2.27. The lowest BCUT2D eigenvalue weighted by Gasteiger charge is -2.32. The van der Waals surface area contributed by atoms with E-state index in [4.69, 9.17) is 0 Å². The van der Waals surface area contributed by atoms with Crippen LogP contribution in [0.25, 0.3) is 0 Å². The number of amides is 1. The third kappa shape index (κ3) is 3.42. The minimum atomic E-state index is 0.0681. The third-order valence-corrected chi connectivity index (χ3v) is 4.97. The number of nitrogens with zero attached hydrogens (tertiary/aromatic N) is 4. The summed E-state index contributed by atoms with van der Waals surface area (Å²) in [6.07, 6.45) is 3.45. The SMILES string of the molecule is CNc1snc(C)c1C(=O)N1CCC(Nc2cccnn2)CC1. The number of nitrogens with one attached hydrogen (secondary N) is 2. The lowest BCUT2D eigenvalue weighted by atomic mass is 10.0. The molecule has 0 bridgehead atoms. The van der Waals surface area contributed by atoms with Crippen molar-refractivity contribution in [2.45, 2.75) is 25.8 Å². The molecule has 122 valence electrons. The van der Waals surface area contributed by atoms with Crippen LogP contribution in [0.4, 0.5) is 10.8 Å². The Bertz CT molecular complexity index is 666. The van der Waals surface area contributed by atoms with E-state index in [-0.39, 0.29) is 5.91 Å². The van der Waals surface area contributed by atoms with Crippen molar-refractivity contribution in [1.29, 1.82) is 0 Å². The highest BCUT2D eigenvalue weighted by molar-refractivity contribution is 7.10. The van der Waals surface area contributed by atoms with Gasteiger partial charge in [-0.05, 0) is 43.4 Å². The summed E-state index contributed by atoms with van der Waals surface area (Å²) in [5.41, 5.74) is 1.50. The zero-order valence-corrected chi connectivity index (χ0v) is 14.1. The first-order valence-corrected chi connectivity index (χ1v) is 8.44. The Hall–Kier alpha value is -2.22. The number of aromatic nitrogens is 3. The summed E-state index contributed by atoms with van der Waals surface area (Å²) in [4.78, 5) is 14.6. The smallest absolute Gasteiger partial charge is 0.258 e. The molecule has 0 unspecified atom stereocenters. The number of rotatable bonds is 4. The highest BCUT2D eigenvalue weighted by atomic mass is 32.1. The van der Waals surface area contributed by atoms with Crippen LogP contribution in [0.1, 0.15) is 28.9 Å². The summed E-state index contributed by atoms with van der Waals surface area (Å²) in [6, 6.07) is 4.09. The lowest BCUT2D eigenvalue weighted by Crippen LogP contribution is -2.42. The van der Waals surface area contributed by atoms with Gasteiger partial charge in [0.05, 0.1) is 11.3 Å². The fourth-order valence-corrected chi connectivity index (χ4v) is 3.50. The van der Waals surface area contributed by atoms with Crippen molar-refractivity contribution in [3.8, 4) is 0 Å². The normalized spacial score (nSPS) is 15.5. The van der Waals surface area contributed by atoms with Gasteiger partial charge >= 0.3 is 0 Å². The lowest BCUT2D eigenvalue weighted by molar-refractivity contribution is 0.0719. The van der Waals surface area contributed by atoms with E-state index in [1.165, 1.54) is 11.5 Å². The first-order chi connectivity index (χ1) is 11.2. The van der Waals surface area contributed by atoms with E-state index in [0.717, 1.165) is 42.4 Å². The number of carbonyl (C=O) groups is 1. The largest absolute Gasteiger partial charge is 0.378 e. The molecular formula is C15H20N6OS. The molecule has 3 heterocycles. The number of anilines is 2. The van der Waals surface area contributed by atoms with Crippen LogP contribution < -0.4 is 10.6 Å². The van der Waals surface area contributed by atoms with E-state index in [9.17, 15) is 4.79 Å². The quantitative estimate of drug-likeness (QED) is 0.891. The standard InChI is InChI=1S/C15H20N6OS/c1-10-13(14(16-2)23-20-10)15(22)21-8-5-11(6-9-21)18-12-4-3-7-17-19-12/h3-4,7,11,16H,5-6,8-9H2,1-2H3,(H,18,19). The Morgan fingerprint density at radius 1 is 1.39 bits per heavy atom. The van der Waals surface area contributed by atoms with Crippen LogP contribution in [0, 0.1) is 6.92 Å². The average molecular weight is 332 g/mol. The van der Waals surface area contributed by atoms with Gasteiger partial charge in [0, 0.05) is 32.4 Å². The number of piperidine rings is 1. The molecule has 1 saturated heterocycles. The van der Waals surface area contributed by atoms with Crippen LogP contribution in [-0.2, 0) is 0 Å². The van der Waals surface area contributed by atoms with E-state index in [1.54, 1.807) is 6.20 Å². The van der Waals surface area contributed by atoms with Crippen LogP contribution in [0.2, 0.25) is 0 Å². The predicted molar refractivity (Wildman–Crippen MR) is 91.0 cm³/mol. The molecule has 2 aromatic heterocycles. The van der Waals surface area contributed by atoms with Crippen molar-refractivity contribution in [1.82, 2.24) is 19.5 Å². The summed E-state index contributed by atoms with van der Waals surface area (Å²) < 4.78 is 4.28. The molecule has 1 aliphatic rings. The van der Waals surface area contributed by atoms with Crippen molar-refractivity contribution in [3.63, 3.8) is 0 Å². The van der Waals surface area contributed by atoms with Gasteiger partial charge in [0.2, 0.25) is 0 Å². The molecule has 2 N–H and O–H groups in total. The van der Waals surface area contributed by atoms with Crippen LogP contribution >= 0.6 is 11.5 Å². The Kier molecular flexibility index (Phi) is 4.71. The Morgan fingerprint density at radius 2 is 2.17 bits per heavy atom. The number of aryl methyl sites for hydroxylation is 1. The minimum absolute atomic E-state index is 0.0681. The van der Waals surface area contributed by atoms with Gasteiger partial charge < -0.3 is 15.5 Å². The van der Waals surface area contributed by atoms with Gasteiger partial charge in [-0.1, -0.05) is 0 Å². The predicted octanol–water partition coefficient (Wildman–Crippen LogP) is 2.00. The molecule has 2 aromatic rings. The molecule has 0 radical (unpaired) electrons. The summed E-state index contributed by atoms with van der Waals surface area (Å²) in [5.74, 6) is 0.853. The van der Waals surface area contributed by atoms with Gasteiger partial charge in [-0.15, -0.1) is 5.10 Å². The van der Waals surface area contributed by atoms with Gasteiger partial charge in [-0.2, -0.15) is 9.47 Å². The highest BCUT2D eigenvalue weighted by Crippen LogP contribution is 2.26. The number of carbonyl (C=O) groups excluding carboxylic acids is 1. The molecule has 0 spiro atoms. The van der Waals surface area contributed by atoms with Crippen LogP contribution in [0.3, 0.4) is 0 Å². The van der Waals surface area contributed by atoms with E-state index < -0.39 is 0 Å². The Labute approximate surface area is 139 Å². The maximum Gasteiger partial charge on any atom is 0.258 e. The second kappa shape index (κ2) is 6.91. The first kappa shape index (κ1) is 15.7. The minimum Gasteiger partial charge on any atom is -0.378 e. The first-order valence-electron chi connectivity index (χ1n) is 7.66. The summed E-state index contributed by atoms with van der Waals surface area (Å²) in [6.45, 7) is 3.34. The number of hydrogen-bond donors (Lipinski definition) is 2. The molecular weight excluding hydrogens is 312 g/mol. The molecule has 0 aromatic carbocycles. The summed E-state index contributed by atoms with van der Waals surface area (Å²) in [5, 5.41) is 15.2. The van der Waals surface area contributed by atoms with Crippen molar-refractivity contribution in [2.24, 2.45) is 0 Å².